The van der Waals surface area contributed by atoms with Crippen LogP contribution in [0.3, 0.4) is 0 Å². The Hall–Kier alpha value is -8.87. The molecular formula is C78H70O19. The Balaban J connectivity index is 0.854. The van der Waals surface area contributed by atoms with Crippen LogP contribution in [0, 0.1) is 0 Å². The van der Waals surface area contributed by atoms with Gasteiger partial charge in [0.05, 0.1) is 49.7 Å². The molecule has 18 atom stereocenters. The van der Waals surface area contributed by atoms with Crippen molar-refractivity contribution in [1.82, 2.24) is 0 Å². The van der Waals surface area contributed by atoms with E-state index < -0.39 is 129 Å². The van der Waals surface area contributed by atoms with Crippen molar-refractivity contribution in [1.29, 1.82) is 0 Å². The largest absolute Gasteiger partial charge is 0.450 e. The fraction of sp³-hybridized carbons (Fsp3) is 0.295. The summed E-state index contributed by atoms with van der Waals surface area (Å²) >= 11 is 0. The Morgan fingerprint density at radius 1 is 0.309 bits per heavy atom. The van der Waals surface area contributed by atoms with Crippen molar-refractivity contribution in [2.24, 2.45) is 0 Å². The van der Waals surface area contributed by atoms with Crippen molar-refractivity contribution < 1.29 is 90.2 Å². The maximum absolute atomic E-state index is 15.2. The summed E-state index contributed by atoms with van der Waals surface area (Å²) in [6, 6.07) is 77.1. The molecule has 15 rings (SSSR count). The van der Waals surface area contributed by atoms with Gasteiger partial charge in [-0.05, 0) is 64.4 Å². The van der Waals surface area contributed by atoms with Crippen LogP contribution in [0.2, 0.25) is 0 Å². The van der Waals surface area contributed by atoms with Crippen LogP contribution in [-0.2, 0) is 89.0 Å². The molecule has 0 radical (unpaired) electrons. The summed E-state index contributed by atoms with van der Waals surface area (Å²) in [6.45, 7) is -0.140. The molecule has 6 heterocycles. The lowest BCUT2D eigenvalue weighted by Gasteiger charge is -2.53. The highest BCUT2D eigenvalue weighted by atomic mass is 16.8. The Labute approximate surface area is 559 Å². The molecule has 0 saturated carbocycles. The molecule has 496 valence electrons. The second kappa shape index (κ2) is 29.9. The van der Waals surface area contributed by atoms with E-state index in [1.807, 2.05) is 164 Å². The van der Waals surface area contributed by atoms with Crippen LogP contribution in [0.1, 0.15) is 77.8 Å². The van der Waals surface area contributed by atoms with Crippen molar-refractivity contribution in [3.8, 4) is 0 Å². The lowest BCUT2D eigenvalue weighted by Crippen LogP contribution is -2.70. The number of carbonyl (C=O) groups is 3. The van der Waals surface area contributed by atoms with Crippen molar-refractivity contribution in [2.45, 2.75) is 124 Å². The summed E-state index contributed by atoms with van der Waals surface area (Å²) in [7, 11) is 0. The SMILES string of the molecule is O=C(OC1[C@H](O[C@@H]2C(OC(=O)c3ccccc3)[C@H](O[C@@H]3C(OC(=O)c4ccccc4)[C@H](OCc4ccccc4)OC4COC(c5ccccc5)O[C@H]43)OC3COC(c4ccccc4)O[C@H]32)OC2COC(c3ccccc3)O[C@H]2[C@@H]1OCc1ccc2ccccc2c1)c1ccccc1. The number of carbonyl (C=O) groups excluding carboxylic acids is 3. The van der Waals surface area contributed by atoms with Crippen LogP contribution in [-0.4, -0.2) is 130 Å². The zero-order chi connectivity index (χ0) is 65.4. The molecule has 0 N–H and O–H groups in total. The van der Waals surface area contributed by atoms with Gasteiger partial charge in [0, 0.05) is 16.7 Å². The van der Waals surface area contributed by atoms with Gasteiger partial charge in [-0.25, -0.2) is 14.4 Å². The van der Waals surface area contributed by atoms with Gasteiger partial charge >= 0.3 is 17.9 Å². The van der Waals surface area contributed by atoms with Crippen LogP contribution < -0.4 is 0 Å². The molecule has 0 amide bonds. The minimum absolute atomic E-state index is 0.0206. The van der Waals surface area contributed by atoms with E-state index in [0.717, 1.165) is 27.5 Å². The average Bonchev–Trinajstić information content (AvgIpc) is 0.762. The van der Waals surface area contributed by atoms with E-state index >= 15 is 4.79 Å². The fourth-order valence-electron chi connectivity index (χ4n) is 13.1. The summed E-state index contributed by atoms with van der Waals surface area (Å²) in [6.07, 6.45) is -22.2. The Bertz CT molecular complexity index is 4050. The summed E-state index contributed by atoms with van der Waals surface area (Å²) in [5.74, 6) is -2.26. The number of fused-ring (bicyclic) bond motifs is 4. The van der Waals surface area contributed by atoms with Gasteiger partial charge in [-0.15, -0.1) is 0 Å². The van der Waals surface area contributed by atoms with Crippen LogP contribution in [0.5, 0.6) is 0 Å². The molecule has 6 aliphatic heterocycles. The zero-order valence-electron chi connectivity index (χ0n) is 52.4. The predicted octanol–water partition coefficient (Wildman–Crippen LogP) is 11.9. The van der Waals surface area contributed by atoms with Crippen LogP contribution in [0.4, 0.5) is 0 Å². The third-order valence-electron chi connectivity index (χ3n) is 17.9. The van der Waals surface area contributed by atoms with Crippen molar-refractivity contribution in [2.75, 3.05) is 19.8 Å². The topological polar surface area (TPSA) is 199 Å². The van der Waals surface area contributed by atoms with Crippen molar-refractivity contribution in [3.63, 3.8) is 0 Å². The molecule has 0 spiro atoms. The quantitative estimate of drug-likeness (QED) is 0.0546. The normalized spacial score (nSPS) is 29.9. The molecule has 9 unspecified atom stereocenters. The average molecular weight is 1310 g/mol. The first-order valence-corrected chi connectivity index (χ1v) is 32.6. The third kappa shape index (κ3) is 14.6. The molecule has 0 aromatic heterocycles. The third-order valence-corrected chi connectivity index (χ3v) is 17.9. The number of esters is 3. The van der Waals surface area contributed by atoms with Crippen molar-refractivity contribution >= 4 is 28.7 Å². The van der Waals surface area contributed by atoms with Gasteiger partial charge in [0.2, 0.25) is 0 Å². The molecule has 6 fully saturated rings. The minimum atomic E-state index is -1.67. The van der Waals surface area contributed by atoms with Gasteiger partial charge in [-0.2, -0.15) is 0 Å². The van der Waals surface area contributed by atoms with E-state index in [9.17, 15) is 9.59 Å². The number of hydrogen-bond acceptors (Lipinski definition) is 19. The smallest absolute Gasteiger partial charge is 0.338 e. The lowest BCUT2D eigenvalue weighted by atomic mass is 9.94. The maximum atomic E-state index is 15.2. The Morgan fingerprint density at radius 3 is 1.08 bits per heavy atom. The highest BCUT2D eigenvalue weighted by molar-refractivity contribution is 5.90. The predicted molar refractivity (Wildman–Crippen MR) is 346 cm³/mol. The summed E-state index contributed by atoms with van der Waals surface area (Å²) in [4.78, 5) is 44.8. The standard InChI is InChI=1S/C78H70O19/c79-70(51-27-10-2-11-28-51)90-67-64(82-44-49-40-41-50-26-22-23-39-57(50)42-49)61-58(45-84-73(93-61)54-33-16-5-17-34-54)88-77(67)97-66-63-60(47-86-75(95-63)56-37-20-7-21-38-56)89-78(69(66)92-72(81)53-31-14-4-15-32-53)96-65-62-59(46-85-74(94-62)55-35-18-6-19-36-55)87-76(83-43-48-24-8-1-9-25-48)68(65)91-71(80)52-29-12-3-13-30-52/h1-42,58-69,73-78H,43-47H2/t58?,59?,60?,61-,62-,63-,64+,65+,66+,67?,68?,69?,73?,74?,75?,76-,77+,78+/m1/s1. The van der Waals surface area contributed by atoms with E-state index in [1.54, 1.807) is 91.0 Å². The number of hydrogen-bond donors (Lipinski definition) is 0. The second-order valence-electron chi connectivity index (χ2n) is 24.3. The molecule has 19 heteroatoms. The lowest BCUT2D eigenvalue weighted by molar-refractivity contribution is -0.421. The fourth-order valence-corrected chi connectivity index (χ4v) is 13.1. The Morgan fingerprint density at radius 2 is 0.649 bits per heavy atom. The van der Waals surface area contributed by atoms with Crippen LogP contribution in [0.25, 0.3) is 10.8 Å². The number of rotatable bonds is 19. The van der Waals surface area contributed by atoms with E-state index in [-0.39, 0.29) is 49.7 Å². The van der Waals surface area contributed by atoms with E-state index in [0.29, 0.717) is 11.1 Å². The van der Waals surface area contributed by atoms with Gasteiger partial charge < -0.3 is 75.8 Å². The van der Waals surface area contributed by atoms with Gasteiger partial charge in [-0.3, -0.25) is 0 Å². The van der Waals surface area contributed by atoms with Gasteiger partial charge in [-0.1, -0.05) is 212 Å². The highest BCUT2D eigenvalue weighted by Crippen LogP contribution is 2.45. The van der Waals surface area contributed by atoms with E-state index in [4.69, 9.17) is 75.8 Å². The van der Waals surface area contributed by atoms with Gasteiger partial charge in [0.25, 0.3) is 0 Å². The first kappa shape index (κ1) is 64.1. The Kier molecular flexibility index (Phi) is 19.7. The van der Waals surface area contributed by atoms with Crippen LogP contribution >= 0.6 is 0 Å². The number of benzene rings is 9. The van der Waals surface area contributed by atoms with Crippen molar-refractivity contribution in [3.05, 3.63) is 299 Å². The number of ether oxygens (including phenoxy) is 16. The maximum Gasteiger partial charge on any atom is 0.338 e. The van der Waals surface area contributed by atoms with E-state index in [2.05, 4.69) is 0 Å². The summed E-state index contributed by atoms with van der Waals surface area (Å²) in [5, 5.41) is 2.03. The molecular weight excluding hydrogens is 1240 g/mol. The molecule has 97 heavy (non-hydrogen) atoms. The minimum Gasteiger partial charge on any atom is -0.450 e. The van der Waals surface area contributed by atoms with Gasteiger partial charge in [0.15, 0.2) is 56.1 Å². The second-order valence-corrected chi connectivity index (χ2v) is 24.3. The first-order chi connectivity index (χ1) is 47.8. The highest BCUT2D eigenvalue weighted by Gasteiger charge is 2.61. The zero-order valence-corrected chi connectivity index (χ0v) is 52.4. The molecule has 9 aromatic rings. The summed E-state index contributed by atoms with van der Waals surface area (Å²) in [5.41, 5.74) is 4.33. The molecule has 19 nitrogen and oxygen atoms in total. The molecule has 0 aliphatic carbocycles. The molecule has 6 aliphatic rings. The van der Waals surface area contributed by atoms with E-state index in [1.165, 1.54) is 0 Å². The first-order valence-electron chi connectivity index (χ1n) is 32.6. The monoisotopic (exact) mass is 1310 g/mol. The van der Waals surface area contributed by atoms with Crippen LogP contribution in [0.15, 0.2) is 255 Å². The molecule has 6 saturated heterocycles. The molecule has 0 bridgehead atoms. The van der Waals surface area contributed by atoms with Gasteiger partial charge in [0.1, 0.15) is 54.9 Å². The molecule has 9 aromatic carbocycles. The summed E-state index contributed by atoms with van der Waals surface area (Å²) < 4.78 is 110.